The van der Waals surface area contributed by atoms with Crippen molar-refractivity contribution in [2.75, 3.05) is 7.11 Å². The number of aryl methyl sites for hydroxylation is 2. The molecular weight excluding hydrogens is 500 g/mol. The van der Waals surface area contributed by atoms with Gasteiger partial charge in [-0.25, -0.2) is 4.98 Å². The van der Waals surface area contributed by atoms with Gasteiger partial charge in [0.25, 0.3) is 5.56 Å². The van der Waals surface area contributed by atoms with Crippen LogP contribution in [0.15, 0.2) is 51.7 Å². The van der Waals surface area contributed by atoms with E-state index in [1.807, 2.05) is 42.5 Å². The first-order valence-electron chi connectivity index (χ1n) is 11.2. The summed E-state index contributed by atoms with van der Waals surface area (Å²) in [7, 11) is 1.61. The van der Waals surface area contributed by atoms with Crippen molar-refractivity contribution in [3.8, 4) is 22.9 Å². The Bertz CT molecular complexity index is 1350. The lowest BCUT2D eigenvalue weighted by molar-refractivity contribution is 0.284. The van der Waals surface area contributed by atoms with Gasteiger partial charge >= 0.3 is 0 Å². The van der Waals surface area contributed by atoms with Gasteiger partial charge in [0.1, 0.15) is 17.3 Å². The van der Waals surface area contributed by atoms with E-state index in [-0.39, 0.29) is 5.56 Å². The van der Waals surface area contributed by atoms with Crippen LogP contribution in [-0.4, -0.2) is 17.1 Å². The van der Waals surface area contributed by atoms with Gasteiger partial charge in [-0.2, -0.15) is 0 Å². The summed E-state index contributed by atoms with van der Waals surface area (Å²) in [4.78, 5) is 23.2. The highest BCUT2D eigenvalue weighted by atomic mass is 79.9. The number of benzene rings is 2. The molecule has 2 aromatic carbocycles. The summed E-state index contributed by atoms with van der Waals surface area (Å²) in [5.74, 6) is 1.74. The van der Waals surface area contributed by atoms with Gasteiger partial charge in [0.05, 0.1) is 12.5 Å². The number of nitrogens with one attached hydrogen (secondary N) is 1. The zero-order valence-corrected chi connectivity index (χ0v) is 20.9. The molecule has 7 heteroatoms. The van der Waals surface area contributed by atoms with Crippen LogP contribution in [0.4, 0.5) is 0 Å². The first-order chi connectivity index (χ1) is 16.1. The normalized spacial score (nSPS) is 13.9. The fourth-order valence-electron chi connectivity index (χ4n) is 4.37. The Balaban J connectivity index is 1.52. The molecule has 0 fully saturated rings. The summed E-state index contributed by atoms with van der Waals surface area (Å²) in [6, 6.07) is 13.7. The molecular formula is C26H25BrN2O3S. The number of H-pyrrole nitrogens is 1. The third-order valence-corrected chi connectivity index (χ3v) is 7.91. The predicted octanol–water partition coefficient (Wildman–Crippen LogP) is 6.66. The van der Waals surface area contributed by atoms with Gasteiger partial charge in [0.2, 0.25) is 0 Å². The zero-order chi connectivity index (χ0) is 22.8. The molecule has 2 heterocycles. The molecule has 1 aliphatic carbocycles. The number of thiophene rings is 1. The molecule has 0 amide bonds. The van der Waals surface area contributed by atoms with E-state index < -0.39 is 0 Å². The van der Waals surface area contributed by atoms with Gasteiger partial charge in [0, 0.05) is 14.9 Å². The van der Waals surface area contributed by atoms with E-state index >= 15 is 0 Å². The van der Waals surface area contributed by atoms with E-state index in [4.69, 9.17) is 14.5 Å². The first kappa shape index (κ1) is 22.2. The van der Waals surface area contributed by atoms with Crippen LogP contribution in [0.5, 0.6) is 11.5 Å². The largest absolute Gasteiger partial charge is 0.493 e. The lowest BCUT2D eigenvalue weighted by atomic mass is 9.98. The summed E-state index contributed by atoms with van der Waals surface area (Å²) in [6.07, 6.45) is 6.80. The number of ether oxygens (including phenoxy) is 2. The van der Waals surface area contributed by atoms with Gasteiger partial charge in [-0.1, -0.05) is 43.2 Å². The topological polar surface area (TPSA) is 64.2 Å². The van der Waals surface area contributed by atoms with E-state index in [2.05, 4.69) is 20.9 Å². The molecule has 2 aromatic heterocycles. The Labute approximate surface area is 204 Å². The van der Waals surface area contributed by atoms with E-state index in [9.17, 15) is 4.79 Å². The highest BCUT2D eigenvalue weighted by Crippen LogP contribution is 2.39. The molecule has 1 aliphatic rings. The number of aromatic nitrogens is 2. The van der Waals surface area contributed by atoms with Crippen LogP contribution in [-0.2, 0) is 19.4 Å². The van der Waals surface area contributed by atoms with Crippen molar-refractivity contribution in [2.24, 2.45) is 0 Å². The molecule has 170 valence electrons. The summed E-state index contributed by atoms with van der Waals surface area (Å²) in [5.41, 5.74) is 2.97. The predicted molar refractivity (Wildman–Crippen MR) is 137 cm³/mol. The van der Waals surface area contributed by atoms with Crippen molar-refractivity contribution in [3.05, 3.63) is 73.3 Å². The van der Waals surface area contributed by atoms with Crippen molar-refractivity contribution in [2.45, 2.75) is 45.1 Å². The number of nitrogens with zero attached hydrogens (tertiary/aromatic N) is 1. The summed E-state index contributed by atoms with van der Waals surface area (Å²) in [6.45, 7) is 0.435. The van der Waals surface area contributed by atoms with E-state index in [0.29, 0.717) is 23.9 Å². The fourth-order valence-corrected chi connectivity index (χ4v) is 6.14. The lowest BCUT2D eigenvalue weighted by Gasteiger charge is -2.14. The third kappa shape index (κ3) is 4.57. The van der Waals surface area contributed by atoms with Crippen molar-refractivity contribution < 1.29 is 9.47 Å². The van der Waals surface area contributed by atoms with Crippen LogP contribution in [0.1, 0.15) is 41.7 Å². The molecule has 0 aliphatic heterocycles. The molecule has 0 atom stereocenters. The minimum atomic E-state index is -0.0663. The molecule has 1 N–H and O–H groups in total. The third-order valence-electron chi connectivity index (χ3n) is 6.07. The van der Waals surface area contributed by atoms with Gasteiger partial charge in [-0.3, -0.25) is 4.79 Å². The molecule has 0 radical (unpaired) electrons. The van der Waals surface area contributed by atoms with Crippen LogP contribution < -0.4 is 15.0 Å². The molecule has 33 heavy (non-hydrogen) atoms. The van der Waals surface area contributed by atoms with Gasteiger partial charge in [-0.15, -0.1) is 11.3 Å². The average Bonchev–Trinajstić information content (AvgIpc) is 3.15. The van der Waals surface area contributed by atoms with E-state index in [1.54, 1.807) is 18.4 Å². The van der Waals surface area contributed by atoms with Crippen LogP contribution in [0.25, 0.3) is 21.6 Å². The quantitative estimate of drug-likeness (QED) is 0.317. The standard InChI is InChI=1S/C26H25BrN2O3S/c1-31-20-13-18(19(27)14-21(20)32-15-16-9-5-4-6-10-16)24-28-25(30)23-17-11-7-2-3-8-12-22(17)33-26(23)29-24/h4-6,9-10,13-14H,2-3,7-8,11-12,15H2,1H3,(H,28,29,30). The van der Waals surface area contributed by atoms with E-state index in [1.165, 1.54) is 29.7 Å². The van der Waals surface area contributed by atoms with Crippen molar-refractivity contribution in [1.82, 2.24) is 9.97 Å². The Hall–Kier alpha value is -2.64. The second-order valence-electron chi connectivity index (χ2n) is 8.27. The fraction of sp³-hybridized carbons (Fsp3) is 0.308. The smallest absolute Gasteiger partial charge is 0.260 e. The summed E-state index contributed by atoms with van der Waals surface area (Å²) in [5, 5.41) is 0.770. The second-order valence-corrected chi connectivity index (χ2v) is 10.2. The molecule has 4 aromatic rings. The van der Waals surface area contributed by atoms with E-state index in [0.717, 1.165) is 45.1 Å². The minimum absolute atomic E-state index is 0.0663. The molecule has 0 spiro atoms. The number of rotatable bonds is 5. The maximum atomic E-state index is 13.1. The lowest BCUT2D eigenvalue weighted by Crippen LogP contribution is -2.11. The van der Waals surface area contributed by atoms with Crippen LogP contribution in [0.2, 0.25) is 0 Å². The van der Waals surface area contributed by atoms with Crippen molar-refractivity contribution in [1.29, 1.82) is 0 Å². The average molecular weight is 525 g/mol. The number of fused-ring (bicyclic) bond motifs is 3. The Morgan fingerprint density at radius 2 is 1.85 bits per heavy atom. The molecule has 0 unspecified atom stereocenters. The first-order valence-corrected chi connectivity index (χ1v) is 12.8. The van der Waals surface area contributed by atoms with Crippen molar-refractivity contribution >= 4 is 37.5 Å². The minimum Gasteiger partial charge on any atom is -0.493 e. The molecule has 0 saturated heterocycles. The maximum Gasteiger partial charge on any atom is 0.260 e. The second kappa shape index (κ2) is 9.69. The maximum absolute atomic E-state index is 13.1. The Kier molecular flexibility index (Phi) is 6.51. The molecule has 0 bridgehead atoms. The zero-order valence-electron chi connectivity index (χ0n) is 18.4. The number of halogens is 1. The summed E-state index contributed by atoms with van der Waals surface area (Å²) < 4.78 is 12.4. The van der Waals surface area contributed by atoms with Crippen LogP contribution >= 0.6 is 27.3 Å². The highest BCUT2D eigenvalue weighted by molar-refractivity contribution is 9.10. The number of hydrogen-bond acceptors (Lipinski definition) is 5. The Morgan fingerprint density at radius 1 is 1.06 bits per heavy atom. The molecule has 5 rings (SSSR count). The van der Waals surface area contributed by atoms with Crippen molar-refractivity contribution in [3.63, 3.8) is 0 Å². The monoisotopic (exact) mass is 524 g/mol. The van der Waals surface area contributed by atoms with Gasteiger partial charge in [0.15, 0.2) is 11.5 Å². The highest BCUT2D eigenvalue weighted by Gasteiger charge is 2.20. The number of aromatic amines is 1. The SMILES string of the molecule is COc1cc(-c2nc3sc4c(c3c(=O)[nH]2)CCCCCC4)c(Br)cc1OCc1ccccc1. The molecule has 0 saturated carbocycles. The van der Waals surface area contributed by atoms with Crippen LogP contribution in [0, 0.1) is 0 Å². The summed E-state index contributed by atoms with van der Waals surface area (Å²) >= 11 is 5.31. The van der Waals surface area contributed by atoms with Gasteiger partial charge in [-0.05, 0) is 64.9 Å². The molecule has 5 nitrogen and oxygen atoms in total. The van der Waals surface area contributed by atoms with Crippen LogP contribution in [0.3, 0.4) is 0 Å². The number of hydrogen-bond donors (Lipinski definition) is 1. The van der Waals surface area contributed by atoms with Gasteiger partial charge < -0.3 is 14.5 Å². The Morgan fingerprint density at radius 3 is 2.64 bits per heavy atom. The number of methoxy groups -OCH3 is 1.